The molecule has 8 heteroatoms. The number of nitriles is 1. The molecule has 1 N–H and O–H groups in total. The van der Waals surface area contributed by atoms with Gasteiger partial charge in [0.15, 0.2) is 18.2 Å². The van der Waals surface area contributed by atoms with Crippen LogP contribution in [-0.2, 0) is 10.2 Å². The topological polar surface area (TPSA) is 102 Å². The summed E-state index contributed by atoms with van der Waals surface area (Å²) in [5.74, 6) is 1.61. The zero-order chi connectivity index (χ0) is 24.3. The molecular weight excluding hydrogens is 430 g/mol. The maximum atomic E-state index is 12.8. The van der Waals surface area contributed by atoms with Gasteiger partial charge < -0.3 is 14.8 Å². The summed E-state index contributed by atoms with van der Waals surface area (Å²) in [5, 5.41) is 17.5. The van der Waals surface area contributed by atoms with Crippen LogP contribution in [0.2, 0.25) is 0 Å². The van der Waals surface area contributed by atoms with Crippen molar-refractivity contribution in [2.75, 3.05) is 19.0 Å². The summed E-state index contributed by atoms with van der Waals surface area (Å²) in [5.41, 5.74) is 1.71. The Morgan fingerprint density at radius 3 is 2.68 bits per heavy atom. The lowest BCUT2D eigenvalue weighted by Crippen LogP contribution is -2.24. The predicted octanol–water partition coefficient (Wildman–Crippen LogP) is 4.62. The van der Waals surface area contributed by atoms with E-state index in [-0.39, 0.29) is 23.4 Å². The van der Waals surface area contributed by atoms with Crippen molar-refractivity contribution in [3.8, 4) is 23.4 Å². The highest BCUT2D eigenvalue weighted by molar-refractivity contribution is 5.92. The van der Waals surface area contributed by atoms with Crippen molar-refractivity contribution in [2.45, 2.75) is 26.2 Å². The molecule has 0 spiro atoms. The van der Waals surface area contributed by atoms with Crippen LogP contribution in [-0.4, -0.2) is 34.4 Å². The van der Waals surface area contributed by atoms with E-state index in [1.165, 1.54) is 10.9 Å². The molecule has 0 radical (unpaired) electrons. The Morgan fingerprint density at radius 1 is 1.15 bits per heavy atom. The van der Waals surface area contributed by atoms with Gasteiger partial charge in [-0.15, -0.1) is 0 Å². The van der Waals surface area contributed by atoms with Gasteiger partial charge in [-0.25, -0.2) is 4.98 Å². The first-order chi connectivity index (χ1) is 16.3. The van der Waals surface area contributed by atoms with Crippen molar-refractivity contribution in [2.24, 2.45) is 0 Å². The highest BCUT2D eigenvalue weighted by atomic mass is 16.5. The monoisotopic (exact) mass is 455 g/mol. The van der Waals surface area contributed by atoms with E-state index in [1.54, 1.807) is 25.3 Å². The normalized spacial score (nSPS) is 11.1. The maximum Gasteiger partial charge on any atom is 0.263 e. The van der Waals surface area contributed by atoms with Crippen molar-refractivity contribution in [1.29, 1.82) is 5.26 Å². The van der Waals surface area contributed by atoms with Crippen LogP contribution >= 0.6 is 0 Å². The standard InChI is InChI=1S/C26H25N5O3/c1-26(2,3)20-13-19(33-4)10-11-22(20)34-16-24(32)30-25-18(14-27)15-28-31(25)23-12-9-17-7-5-6-8-21(17)29-23/h5-13,15H,16H2,1-4H3,(H,30,32). The number of hydrogen-bond acceptors (Lipinski definition) is 6. The molecule has 34 heavy (non-hydrogen) atoms. The van der Waals surface area contributed by atoms with Crippen LogP contribution in [0.1, 0.15) is 31.9 Å². The molecule has 0 aliphatic carbocycles. The number of rotatable bonds is 6. The van der Waals surface area contributed by atoms with Crippen molar-refractivity contribution in [3.63, 3.8) is 0 Å². The number of para-hydroxylation sites is 1. The van der Waals surface area contributed by atoms with Gasteiger partial charge in [-0.05, 0) is 41.8 Å². The quantitative estimate of drug-likeness (QED) is 0.455. The number of methoxy groups -OCH3 is 1. The van der Waals surface area contributed by atoms with E-state index < -0.39 is 5.91 Å². The van der Waals surface area contributed by atoms with E-state index in [0.29, 0.717) is 17.3 Å². The third kappa shape index (κ3) is 4.69. The fraction of sp³-hybridized carbons (Fsp3) is 0.231. The Balaban J connectivity index is 1.56. The van der Waals surface area contributed by atoms with Crippen LogP contribution in [0.25, 0.3) is 16.7 Å². The molecule has 2 aromatic heterocycles. The largest absolute Gasteiger partial charge is 0.497 e. The van der Waals surface area contributed by atoms with Crippen LogP contribution in [0, 0.1) is 11.3 Å². The first-order valence-electron chi connectivity index (χ1n) is 10.8. The Kier molecular flexibility index (Phi) is 6.19. The molecule has 2 aromatic carbocycles. The molecule has 4 aromatic rings. The Hall–Kier alpha value is -4.38. The lowest BCUT2D eigenvalue weighted by atomic mass is 9.86. The molecule has 172 valence electrons. The number of aromatic nitrogens is 3. The number of nitrogens with zero attached hydrogens (tertiary/aromatic N) is 4. The minimum Gasteiger partial charge on any atom is -0.497 e. The molecule has 8 nitrogen and oxygen atoms in total. The fourth-order valence-electron chi connectivity index (χ4n) is 3.56. The van der Waals surface area contributed by atoms with Crippen LogP contribution < -0.4 is 14.8 Å². The number of anilines is 1. The van der Waals surface area contributed by atoms with Gasteiger partial charge in [0.2, 0.25) is 0 Å². The number of pyridine rings is 1. The molecule has 0 bridgehead atoms. The summed E-state index contributed by atoms with van der Waals surface area (Å²) in [6, 6.07) is 18.9. The summed E-state index contributed by atoms with van der Waals surface area (Å²) in [6.07, 6.45) is 1.40. The second-order valence-electron chi connectivity index (χ2n) is 8.74. The van der Waals surface area contributed by atoms with Gasteiger partial charge in [-0.2, -0.15) is 15.0 Å². The third-order valence-electron chi connectivity index (χ3n) is 5.30. The van der Waals surface area contributed by atoms with Crippen molar-refractivity contribution in [3.05, 3.63) is 71.9 Å². The van der Waals surface area contributed by atoms with Crippen LogP contribution in [0.3, 0.4) is 0 Å². The number of carbonyl (C=O) groups is 1. The molecule has 0 aliphatic heterocycles. The second-order valence-corrected chi connectivity index (χ2v) is 8.74. The van der Waals surface area contributed by atoms with Gasteiger partial charge in [0.05, 0.1) is 18.8 Å². The molecule has 4 rings (SSSR count). The van der Waals surface area contributed by atoms with E-state index in [0.717, 1.165) is 16.5 Å². The number of nitrogens with one attached hydrogen (secondary N) is 1. The minimum absolute atomic E-state index is 0.214. The average molecular weight is 456 g/mol. The van der Waals surface area contributed by atoms with Gasteiger partial charge in [-0.1, -0.05) is 39.0 Å². The molecule has 0 fully saturated rings. The second kappa shape index (κ2) is 9.24. The SMILES string of the molecule is COc1ccc(OCC(=O)Nc2c(C#N)cnn2-c2ccc3ccccc3n2)c(C(C)(C)C)c1. The van der Waals surface area contributed by atoms with Crippen molar-refractivity contribution in [1.82, 2.24) is 14.8 Å². The van der Waals surface area contributed by atoms with E-state index in [2.05, 4.69) is 42.2 Å². The Morgan fingerprint density at radius 2 is 1.94 bits per heavy atom. The smallest absolute Gasteiger partial charge is 0.263 e. The third-order valence-corrected chi connectivity index (χ3v) is 5.30. The zero-order valence-corrected chi connectivity index (χ0v) is 19.5. The number of benzene rings is 2. The molecule has 1 amide bonds. The van der Waals surface area contributed by atoms with Crippen molar-refractivity contribution < 1.29 is 14.3 Å². The molecule has 0 aliphatic rings. The average Bonchev–Trinajstić information content (AvgIpc) is 3.24. The lowest BCUT2D eigenvalue weighted by Gasteiger charge is -2.23. The fourth-order valence-corrected chi connectivity index (χ4v) is 3.56. The van der Waals surface area contributed by atoms with E-state index in [1.807, 2.05) is 36.4 Å². The number of hydrogen-bond donors (Lipinski definition) is 1. The zero-order valence-electron chi connectivity index (χ0n) is 19.5. The van der Waals surface area contributed by atoms with Gasteiger partial charge in [0.1, 0.15) is 23.1 Å². The van der Waals surface area contributed by atoms with E-state index in [9.17, 15) is 10.1 Å². The van der Waals surface area contributed by atoms with Crippen LogP contribution in [0.5, 0.6) is 11.5 Å². The highest BCUT2D eigenvalue weighted by Gasteiger charge is 2.21. The maximum absolute atomic E-state index is 12.8. The summed E-state index contributed by atoms with van der Waals surface area (Å²) in [7, 11) is 1.61. The number of carbonyl (C=O) groups excluding carboxylic acids is 1. The summed E-state index contributed by atoms with van der Waals surface area (Å²) in [6.45, 7) is 5.94. The number of ether oxygens (including phenoxy) is 2. The molecule has 0 unspecified atom stereocenters. The van der Waals surface area contributed by atoms with Gasteiger partial charge in [0, 0.05) is 10.9 Å². The van der Waals surface area contributed by atoms with Gasteiger partial charge >= 0.3 is 0 Å². The first-order valence-corrected chi connectivity index (χ1v) is 10.8. The Labute approximate surface area is 197 Å². The molecular formula is C26H25N5O3. The summed E-state index contributed by atoms with van der Waals surface area (Å²) in [4.78, 5) is 17.4. The molecule has 0 saturated carbocycles. The lowest BCUT2D eigenvalue weighted by molar-refractivity contribution is -0.118. The summed E-state index contributed by atoms with van der Waals surface area (Å²) < 4.78 is 12.6. The van der Waals surface area contributed by atoms with Crippen molar-refractivity contribution >= 4 is 22.6 Å². The minimum atomic E-state index is -0.422. The van der Waals surface area contributed by atoms with E-state index in [4.69, 9.17) is 9.47 Å². The highest BCUT2D eigenvalue weighted by Crippen LogP contribution is 2.34. The molecule has 2 heterocycles. The molecule has 0 saturated heterocycles. The number of amides is 1. The predicted molar refractivity (Wildman–Crippen MR) is 129 cm³/mol. The summed E-state index contributed by atoms with van der Waals surface area (Å²) >= 11 is 0. The van der Waals surface area contributed by atoms with Crippen LogP contribution in [0.15, 0.2) is 60.8 Å². The first kappa shape index (κ1) is 22.8. The van der Waals surface area contributed by atoms with Gasteiger partial charge in [0.25, 0.3) is 5.91 Å². The Bertz CT molecular complexity index is 1400. The van der Waals surface area contributed by atoms with Gasteiger partial charge in [-0.3, -0.25) is 4.79 Å². The molecule has 0 atom stereocenters. The number of fused-ring (bicyclic) bond motifs is 1. The van der Waals surface area contributed by atoms with Crippen LogP contribution in [0.4, 0.5) is 5.82 Å². The van der Waals surface area contributed by atoms with E-state index >= 15 is 0 Å².